The van der Waals surface area contributed by atoms with E-state index in [0.717, 1.165) is 26.2 Å². The number of benzene rings is 2. The van der Waals surface area contributed by atoms with E-state index in [1.54, 1.807) is 0 Å². The second kappa shape index (κ2) is 6.79. The number of para-hydroxylation sites is 1. The Balaban J connectivity index is 1.73. The molecule has 2 aliphatic rings. The van der Waals surface area contributed by atoms with Gasteiger partial charge in [0, 0.05) is 25.1 Å². The standard InChI is InChI=1S/C20H24N2OS/c1-14-7-8-17-19(11-14)24-22(2)18-6-4-3-5-16(18)20(17)21-12-15-9-10-23-13-15/h3-8,11,15,20-21H,9-10,12-13H2,1-2H3/t15-,20-/m0/s1. The lowest BCUT2D eigenvalue weighted by molar-refractivity contribution is 0.185. The van der Waals surface area contributed by atoms with Crippen molar-refractivity contribution in [2.75, 3.05) is 31.1 Å². The lowest BCUT2D eigenvalue weighted by atomic mass is 9.95. The van der Waals surface area contributed by atoms with Crippen LogP contribution < -0.4 is 9.62 Å². The van der Waals surface area contributed by atoms with Crippen LogP contribution in [0.15, 0.2) is 47.4 Å². The molecule has 0 bridgehead atoms. The van der Waals surface area contributed by atoms with E-state index in [2.05, 4.69) is 66.1 Å². The van der Waals surface area contributed by atoms with Crippen molar-refractivity contribution in [1.82, 2.24) is 5.32 Å². The van der Waals surface area contributed by atoms with E-state index >= 15 is 0 Å². The third-order valence-electron chi connectivity index (χ3n) is 4.94. The van der Waals surface area contributed by atoms with Gasteiger partial charge in [-0.05, 0) is 60.0 Å². The van der Waals surface area contributed by atoms with E-state index in [1.807, 2.05) is 11.9 Å². The van der Waals surface area contributed by atoms with Gasteiger partial charge in [0.25, 0.3) is 0 Å². The molecule has 0 aromatic heterocycles. The number of ether oxygens (including phenoxy) is 1. The molecule has 126 valence electrons. The van der Waals surface area contributed by atoms with Crippen LogP contribution >= 0.6 is 11.9 Å². The monoisotopic (exact) mass is 340 g/mol. The molecule has 2 aromatic rings. The highest BCUT2D eigenvalue weighted by atomic mass is 32.2. The summed E-state index contributed by atoms with van der Waals surface area (Å²) >= 11 is 1.82. The predicted octanol–water partition coefficient (Wildman–Crippen LogP) is 4.17. The minimum Gasteiger partial charge on any atom is -0.381 e. The van der Waals surface area contributed by atoms with Crippen LogP contribution in [0.4, 0.5) is 5.69 Å². The van der Waals surface area contributed by atoms with Gasteiger partial charge >= 0.3 is 0 Å². The molecule has 4 heteroatoms. The van der Waals surface area contributed by atoms with Crippen molar-refractivity contribution in [3.8, 4) is 0 Å². The number of hydrogen-bond acceptors (Lipinski definition) is 4. The summed E-state index contributed by atoms with van der Waals surface area (Å²) < 4.78 is 7.83. The Morgan fingerprint density at radius 2 is 2.08 bits per heavy atom. The molecule has 0 unspecified atom stereocenters. The van der Waals surface area contributed by atoms with Crippen LogP contribution in [0.5, 0.6) is 0 Å². The van der Waals surface area contributed by atoms with E-state index in [9.17, 15) is 0 Å². The zero-order valence-corrected chi connectivity index (χ0v) is 15.1. The van der Waals surface area contributed by atoms with Crippen LogP contribution in [-0.2, 0) is 4.74 Å². The molecule has 4 rings (SSSR count). The van der Waals surface area contributed by atoms with Crippen molar-refractivity contribution in [3.63, 3.8) is 0 Å². The Hall–Kier alpha value is -1.49. The van der Waals surface area contributed by atoms with E-state index in [-0.39, 0.29) is 6.04 Å². The highest BCUT2D eigenvalue weighted by Gasteiger charge is 2.27. The molecule has 0 radical (unpaired) electrons. The summed E-state index contributed by atoms with van der Waals surface area (Å²) in [5, 5.41) is 3.84. The third kappa shape index (κ3) is 3.06. The molecule has 0 saturated carbocycles. The first-order valence-corrected chi connectivity index (χ1v) is 9.42. The van der Waals surface area contributed by atoms with Crippen LogP contribution in [-0.4, -0.2) is 26.8 Å². The van der Waals surface area contributed by atoms with Gasteiger partial charge in [-0.15, -0.1) is 0 Å². The van der Waals surface area contributed by atoms with Crippen LogP contribution in [0.1, 0.15) is 29.2 Å². The van der Waals surface area contributed by atoms with Crippen molar-refractivity contribution in [1.29, 1.82) is 0 Å². The molecular formula is C20H24N2OS. The quantitative estimate of drug-likeness (QED) is 0.848. The summed E-state index contributed by atoms with van der Waals surface area (Å²) in [7, 11) is 2.16. The smallest absolute Gasteiger partial charge is 0.0609 e. The summed E-state index contributed by atoms with van der Waals surface area (Å²) in [6.07, 6.45) is 1.16. The number of hydrogen-bond donors (Lipinski definition) is 1. The van der Waals surface area contributed by atoms with Crippen molar-refractivity contribution in [2.45, 2.75) is 24.3 Å². The average molecular weight is 340 g/mol. The molecule has 2 aromatic carbocycles. The first kappa shape index (κ1) is 16.0. The maximum absolute atomic E-state index is 5.54. The molecule has 2 aliphatic heterocycles. The highest BCUT2D eigenvalue weighted by Crippen LogP contribution is 2.43. The number of anilines is 1. The second-order valence-electron chi connectivity index (χ2n) is 6.76. The Kier molecular flexibility index (Phi) is 4.53. The van der Waals surface area contributed by atoms with E-state index < -0.39 is 0 Å². The lowest BCUT2D eigenvalue weighted by Gasteiger charge is -2.23. The van der Waals surface area contributed by atoms with E-state index in [1.165, 1.54) is 27.3 Å². The Morgan fingerprint density at radius 3 is 2.92 bits per heavy atom. The van der Waals surface area contributed by atoms with Gasteiger partial charge in [0.05, 0.1) is 18.3 Å². The molecule has 1 N–H and O–H groups in total. The molecule has 24 heavy (non-hydrogen) atoms. The summed E-state index contributed by atoms with van der Waals surface area (Å²) in [5.41, 5.74) is 5.33. The van der Waals surface area contributed by atoms with Crippen molar-refractivity contribution < 1.29 is 4.74 Å². The van der Waals surface area contributed by atoms with Gasteiger partial charge in [0.15, 0.2) is 0 Å². The fourth-order valence-corrected chi connectivity index (χ4v) is 4.68. The minimum atomic E-state index is 0.231. The normalized spacial score (nSPS) is 22.8. The number of nitrogens with one attached hydrogen (secondary N) is 1. The van der Waals surface area contributed by atoms with Gasteiger partial charge in [0.2, 0.25) is 0 Å². The topological polar surface area (TPSA) is 24.5 Å². The molecular weight excluding hydrogens is 316 g/mol. The third-order valence-corrected chi connectivity index (χ3v) is 5.96. The van der Waals surface area contributed by atoms with Crippen LogP contribution in [0.2, 0.25) is 0 Å². The van der Waals surface area contributed by atoms with Crippen molar-refractivity contribution >= 4 is 17.6 Å². The van der Waals surface area contributed by atoms with Crippen molar-refractivity contribution in [2.24, 2.45) is 5.92 Å². The molecule has 2 heterocycles. The second-order valence-corrected chi connectivity index (χ2v) is 7.93. The first-order valence-electron chi connectivity index (χ1n) is 8.64. The molecule has 0 aliphatic carbocycles. The van der Waals surface area contributed by atoms with Crippen LogP contribution in [0, 0.1) is 12.8 Å². The predicted molar refractivity (Wildman–Crippen MR) is 101 cm³/mol. The molecule has 2 atom stereocenters. The molecule has 0 spiro atoms. The van der Waals surface area contributed by atoms with Gasteiger partial charge in [-0.2, -0.15) is 0 Å². The minimum absolute atomic E-state index is 0.231. The van der Waals surface area contributed by atoms with Gasteiger partial charge in [-0.1, -0.05) is 30.3 Å². The number of aryl methyl sites for hydroxylation is 1. The summed E-state index contributed by atoms with van der Waals surface area (Å²) in [4.78, 5) is 1.34. The first-order chi connectivity index (χ1) is 11.7. The van der Waals surface area contributed by atoms with E-state index in [0.29, 0.717) is 5.92 Å². The Bertz CT molecular complexity index is 727. The average Bonchev–Trinajstić information content (AvgIpc) is 3.06. The fraction of sp³-hybridized carbons (Fsp3) is 0.400. The fourth-order valence-electron chi connectivity index (χ4n) is 3.59. The van der Waals surface area contributed by atoms with E-state index in [4.69, 9.17) is 4.74 Å². The molecule has 0 amide bonds. The highest BCUT2D eigenvalue weighted by molar-refractivity contribution is 8.00. The zero-order chi connectivity index (χ0) is 16.5. The van der Waals surface area contributed by atoms with Crippen molar-refractivity contribution in [3.05, 3.63) is 59.2 Å². The number of rotatable bonds is 3. The van der Waals surface area contributed by atoms with Crippen LogP contribution in [0.25, 0.3) is 0 Å². The summed E-state index contributed by atoms with van der Waals surface area (Å²) in [6.45, 7) is 4.95. The van der Waals surface area contributed by atoms with Gasteiger partial charge in [-0.25, -0.2) is 0 Å². The number of nitrogens with zero attached hydrogens (tertiary/aromatic N) is 1. The molecule has 3 nitrogen and oxygen atoms in total. The Labute approximate surface area is 148 Å². The molecule has 1 saturated heterocycles. The van der Waals surface area contributed by atoms with Gasteiger partial charge in [0.1, 0.15) is 0 Å². The summed E-state index contributed by atoms with van der Waals surface area (Å²) in [5.74, 6) is 0.625. The maximum atomic E-state index is 5.54. The maximum Gasteiger partial charge on any atom is 0.0609 e. The lowest BCUT2D eigenvalue weighted by Crippen LogP contribution is -2.29. The SMILES string of the molecule is Cc1ccc2c(c1)SN(C)c1ccccc1[C@@H]2NC[C@@H]1CCOC1. The largest absolute Gasteiger partial charge is 0.381 e. The molecule has 1 fully saturated rings. The van der Waals surface area contributed by atoms with Crippen LogP contribution in [0.3, 0.4) is 0 Å². The Morgan fingerprint density at radius 1 is 1.21 bits per heavy atom. The van der Waals surface area contributed by atoms with Gasteiger partial charge < -0.3 is 14.4 Å². The zero-order valence-electron chi connectivity index (χ0n) is 14.3. The van der Waals surface area contributed by atoms with Gasteiger partial charge in [-0.3, -0.25) is 0 Å². The summed E-state index contributed by atoms with van der Waals surface area (Å²) in [6, 6.07) is 15.8. The number of fused-ring (bicyclic) bond motifs is 2.